The van der Waals surface area contributed by atoms with Gasteiger partial charge in [-0.1, -0.05) is 41.9 Å². The van der Waals surface area contributed by atoms with E-state index in [-0.39, 0.29) is 11.9 Å². The summed E-state index contributed by atoms with van der Waals surface area (Å²) >= 11 is 6.03. The fraction of sp³-hybridized carbons (Fsp3) is 0.296. The van der Waals surface area contributed by atoms with Gasteiger partial charge in [-0.2, -0.15) is 13.2 Å². The predicted octanol–water partition coefficient (Wildman–Crippen LogP) is 6.13. The molecule has 0 radical (unpaired) electrons. The number of carbonyl (C=O) groups is 1. The van der Waals surface area contributed by atoms with Crippen molar-refractivity contribution in [3.05, 3.63) is 94.0 Å². The smallest absolute Gasteiger partial charge is 0.416 e. The van der Waals surface area contributed by atoms with E-state index in [9.17, 15) is 18.0 Å². The van der Waals surface area contributed by atoms with Gasteiger partial charge in [-0.3, -0.25) is 10.1 Å². The highest BCUT2D eigenvalue weighted by molar-refractivity contribution is 6.30. The molecule has 3 aromatic carbocycles. The number of carbonyl (C=O) groups excluding carboxylic acids is 1. The molecule has 3 aromatic rings. The van der Waals surface area contributed by atoms with Gasteiger partial charge in [-0.15, -0.1) is 0 Å². The average molecular weight is 521 g/mol. The fourth-order valence-electron chi connectivity index (χ4n) is 3.91. The number of methoxy groups -OCH3 is 2. The highest BCUT2D eigenvalue weighted by Gasteiger charge is 2.30. The van der Waals surface area contributed by atoms with Crippen molar-refractivity contribution in [2.75, 3.05) is 21.3 Å². The minimum absolute atomic E-state index is 0.239. The number of ether oxygens (including phenoxy) is 2. The van der Waals surface area contributed by atoms with Crippen LogP contribution in [0.1, 0.15) is 40.8 Å². The van der Waals surface area contributed by atoms with E-state index in [1.54, 1.807) is 44.5 Å². The van der Waals surface area contributed by atoms with Gasteiger partial charge >= 0.3 is 6.18 Å². The number of amides is 1. The maximum atomic E-state index is 12.9. The molecule has 0 fully saturated rings. The molecule has 0 aliphatic carbocycles. The highest BCUT2D eigenvalue weighted by atomic mass is 35.5. The zero-order chi connectivity index (χ0) is 26.3. The first-order valence-electron chi connectivity index (χ1n) is 11.3. The van der Waals surface area contributed by atoms with Gasteiger partial charge in [0.25, 0.3) is 0 Å². The van der Waals surface area contributed by atoms with Crippen LogP contribution >= 0.6 is 11.6 Å². The summed E-state index contributed by atoms with van der Waals surface area (Å²) in [5.41, 5.74) is 1.61. The van der Waals surface area contributed by atoms with Crippen molar-refractivity contribution in [1.82, 2.24) is 10.6 Å². The number of alkyl halides is 3. The second-order valence-corrected chi connectivity index (χ2v) is 8.60. The average Bonchev–Trinajstić information content (AvgIpc) is 2.88. The first-order valence-corrected chi connectivity index (χ1v) is 11.6. The van der Waals surface area contributed by atoms with Crippen LogP contribution in [0.2, 0.25) is 5.02 Å². The highest BCUT2D eigenvalue weighted by Crippen LogP contribution is 2.33. The van der Waals surface area contributed by atoms with Crippen LogP contribution < -0.4 is 20.1 Å². The van der Waals surface area contributed by atoms with Crippen molar-refractivity contribution in [3.8, 4) is 11.5 Å². The first-order chi connectivity index (χ1) is 17.2. The molecule has 192 valence electrons. The van der Waals surface area contributed by atoms with E-state index in [0.29, 0.717) is 29.4 Å². The third kappa shape index (κ3) is 6.92. The molecule has 0 aliphatic heterocycles. The Balaban J connectivity index is 1.93. The molecule has 0 unspecified atom stereocenters. The van der Waals surface area contributed by atoms with Gasteiger partial charge in [0.05, 0.1) is 19.8 Å². The monoisotopic (exact) mass is 520 g/mol. The van der Waals surface area contributed by atoms with Gasteiger partial charge in [0.1, 0.15) is 6.04 Å². The van der Waals surface area contributed by atoms with Crippen LogP contribution in [0.15, 0.2) is 66.7 Å². The summed E-state index contributed by atoms with van der Waals surface area (Å²) in [5.74, 6) is 0.847. The van der Waals surface area contributed by atoms with Crippen molar-refractivity contribution in [3.63, 3.8) is 0 Å². The zero-order valence-electron chi connectivity index (χ0n) is 20.2. The molecule has 0 saturated heterocycles. The summed E-state index contributed by atoms with van der Waals surface area (Å²) in [7, 11) is 4.63. The van der Waals surface area contributed by atoms with Gasteiger partial charge in [-0.05, 0) is 65.9 Å². The van der Waals surface area contributed by atoms with E-state index in [1.807, 2.05) is 12.1 Å². The maximum absolute atomic E-state index is 12.9. The molecule has 2 N–H and O–H groups in total. The largest absolute Gasteiger partial charge is 0.493 e. The molecule has 0 spiro atoms. The lowest BCUT2D eigenvalue weighted by atomic mass is 9.95. The molecule has 0 bridgehead atoms. The van der Waals surface area contributed by atoms with E-state index < -0.39 is 17.8 Å². The summed E-state index contributed by atoms with van der Waals surface area (Å²) in [6.07, 6.45) is -3.41. The molecular formula is C27H28ClF3N2O3. The number of rotatable bonds is 10. The molecule has 0 saturated carbocycles. The molecule has 2 atom stereocenters. The Bertz CT molecular complexity index is 1150. The van der Waals surface area contributed by atoms with E-state index in [4.69, 9.17) is 21.1 Å². The Morgan fingerprint density at radius 1 is 0.917 bits per heavy atom. The third-order valence-corrected chi connectivity index (χ3v) is 6.14. The third-order valence-electron chi connectivity index (χ3n) is 5.89. The molecule has 9 heteroatoms. The maximum Gasteiger partial charge on any atom is 0.416 e. The standard InChI is InChI=1S/C27H28ClF3N2O3/c1-32-26(34)25(18-7-12-21(28)13-8-18)33-22(19-9-15-23(35-2)24(16-19)36-3)14-6-17-4-10-20(11-5-17)27(29,30)31/h4-5,7-13,15-16,22,25,33H,6,14H2,1-3H3,(H,32,34)/t22-,25-/m0/s1. The van der Waals surface area contributed by atoms with E-state index in [2.05, 4.69) is 10.6 Å². The molecule has 1 amide bonds. The SMILES string of the molecule is CNC(=O)[C@@H](N[C@@H](CCc1ccc(C(F)(F)F)cc1)c1ccc(OC)c(OC)c1)c1ccc(Cl)cc1. The van der Waals surface area contributed by atoms with E-state index in [0.717, 1.165) is 28.8 Å². The van der Waals surface area contributed by atoms with Crippen LogP contribution in [0.4, 0.5) is 13.2 Å². The normalized spacial score (nSPS) is 13.1. The Morgan fingerprint density at radius 3 is 2.08 bits per heavy atom. The number of likely N-dealkylation sites (N-methyl/N-ethyl adjacent to an activating group) is 1. The number of nitrogens with one attached hydrogen (secondary N) is 2. The molecular weight excluding hydrogens is 493 g/mol. The van der Waals surface area contributed by atoms with Gasteiger partial charge < -0.3 is 14.8 Å². The summed E-state index contributed by atoms with van der Waals surface area (Å²) < 4.78 is 49.6. The summed E-state index contributed by atoms with van der Waals surface area (Å²) in [5, 5.41) is 6.65. The lowest BCUT2D eigenvalue weighted by molar-refractivity contribution is -0.137. The summed E-state index contributed by atoms with van der Waals surface area (Å²) in [4.78, 5) is 12.8. The van der Waals surface area contributed by atoms with E-state index in [1.165, 1.54) is 19.2 Å². The number of halogens is 4. The van der Waals surface area contributed by atoms with Gasteiger partial charge in [0, 0.05) is 18.1 Å². The Kier molecular flexibility index (Phi) is 9.23. The predicted molar refractivity (Wildman–Crippen MR) is 133 cm³/mol. The molecule has 36 heavy (non-hydrogen) atoms. The quantitative estimate of drug-likeness (QED) is 0.338. The van der Waals surface area contributed by atoms with Crippen LogP contribution in [-0.4, -0.2) is 27.2 Å². The first kappa shape index (κ1) is 27.4. The number of benzene rings is 3. The second-order valence-electron chi connectivity index (χ2n) is 8.17. The minimum atomic E-state index is -4.39. The summed E-state index contributed by atoms with van der Waals surface area (Å²) in [6, 6.07) is 16.5. The number of hydrogen-bond donors (Lipinski definition) is 2. The van der Waals surface area contributed by atoms with Gasteiger partial charge in [0.15, 0.2) is 11.5 Å². The molecule has 5 nitrogen and oxygen atoms in total. The topological polar surface area (TPSA) is 59.6 Å². The van der Waals surface area contributed by atoms with Crippen molar-refractivity contribution in [2.45, 2.75) is 31.1 Å². The Labute approximate surface area is 213 Å². The van der Waals surface area contributed by atoms with Crippen LogP contribution in [0.5, 0.6) is 11.5 Å². The number of aryl methyl sites for hydroxylation is 1. The Morgan fingerprint density at radius 2 is 1.53 bits per heavy atom. The fourth-order valence-corrected chi connectivity index (χ4v) is 4.04. The van der Waals surface area contributed by atoms with E-state index >= 15 is 0 Å². The minimum Gasteiger partial charge on any atom is -0.493 e. The lowest BCUT2D eigenvalue weighted by Gasteiger charge is -2.26. The molecule has 0 aliphatic rings. The van der Waals surface area contributed by atoms with Crippen LogP contribution in [-0.2, 0) is 17.4 Å². The molecule has 0 aromatic heterocycles. The molecule has 0 heterocycles. The van der Waals surface area contributed by atoms with Crippen molar-refractivity contribution in [1.29, 1.82) is 0 Å². The van der Waals surface area contributed by atoms with Gasteiger partial charge in [-0.25, -0.2) is 0 Å². The second kappa shape index (κ2) is 12.1. The van der Waals surface area contributed by atoms with Gasteiger partial charge in [0.2, 0.25) is 5.91 Å². The van der Waals surface area contributed by atoms with Crippen LogP contribution in [0.3, 0.4) is 0 Å². The van der Waals surface area contributed by atoms with Crippen LogP contribution in [0.25, 0.3) is 0 Å². The van der Waals surface area contributed by atoms with Crippen LogP contribution in [0, 0.1) is 0 Å². The van der Waals surface area contributed by atoms with Crippen molar-refractivity contribution < 1.29 is 27.4 Å². The van der Waals surface area contributed by atoms with Crippen molar-refractivity contribution >= 4 is 17.5 Å². The lowest BCUT2D eigenvalue weighted by Crippen LogP contribution is -2.38. The number of hydrogen-bond acceptors (Lipinski definition) is 4. The van der Waals surface area contributed by atoms with Crippen molar-refractivity contribution in [2.24, 2.45) is 0 Å². The Hall–Kier alpha value is -3.23. The molecule has 3 rings (SSSR count). The zero-order valence-corrected chi connectivity index (χ0v) is 20.9. The summed E-state index contributed by atoms with van der Waals surface area (Å²) in [6.45, 7) is 0.